The molecule has 0 saturated carbocycles. The molecule has 1 atom stereocenters. The summed E-state index contributed by atoms with van der Waals surface area (Å²) in [4.78, 5) is 23.3. The Morgan fingerprint density at radius 3 is 2.60 bits per heavy atom. The molecule has 1 aliphatic rings. The largest absolute Gasteiger partial charge is 0.497 e. The van der Waals surface area contributed by atoms with Crippen LogP contribution in [0.1, 0.15) is 51.0 Å². The third-order valence-corrected chi connectivity index (χ3v) is 8.67. The van der Waals surface area contributed by atoms with Crippen LogP contribution in [0.3, 0.4) is 0 Å². The van der Waals surface area contributed by atoms with Gasteiger partial charge in [-0.25, -0.2) is 4.98 Å². The quantitative estimate of drug-likeness (QED) is 0.208. The second-order valence-corrected chi connectivity index (χ2v) is 12.3. The van der Waals surface area contributed by atoms with Crippen molar-refractivity contribution in [1.29, 1.82) is 0 Å². The highest BCUT2D eigenvalue weighted by Crippen LogP contribution is 2.42. The number of aromatic amines is 1. The van der Waals surface area contributed by atoms with Gasteiger partial charge >= 0.3 is 0 Å². The fourth-order valence-electron chi connectivity index (χ4n) is 5.22. The summed E-state index contributed by atoms with van der Waals surface area (Å²) < 4.78 is 23.0. The van der Waals surface area contributed by atoms with E-state index in [-0.39, 0.29) is 11.0 Å². The van der Waals surface area contributed by atoms with Gasteiger partial charge in [0.25, 0.3) is 5.56 Å². The molecule has 0 unspecified atom stereocenters. The van der Waals surface area contributed by atoms with Crippen LogP contribution in [0, 0.1) is 11.3 Å². The first kappa shape index (κ1) is 28.0. The van der Waals surface area contributed by atoms with Crippen molar-refractivity contribution in [3.05, 3.63) is 63.3 Å². The Morgan fingerprint density at radius 1 is 1.02 bits per heavy atom. The summed E-state index contributed by atoms with van der Waals surface area (Å²) >= 11 is 1.67. The van der Waals surface area contributed by atoms with Gasteiger partial charge in [-0.2, -0.15) is 0 Å². The highest BCUT2D eigenvalue weighted by molar-refractivity contribution is 7.18. The number of ether oxygens (including phenoxy) is 4. The van der Waals surface area contributed by atoms with Crippen LogP contribution in [0.2, 0.25) is 0 Å². The lowest BCUT2D eigenvalue weighted by molar-refractivity contribution is 0.218. The molecule has 212 valence electrons. The summed E-state index contributed by atoms with van der Waals surface area (Å²) in [7, 11) is 1.64. The molecule has 0 radical (unpaired) electrons. The number of thiophene rings is 1. The van der Waals surface area contributed by atoms with Gasteiger partial charge in [0.05, 0.1) is 32.3 Å². The standard InChI is InChI=1S/C32H38N2O5S/c1-6-37-26-17-20(11-14-25(26)39-16-8-15-38-23-10-7-9-22(19-23)36-5)29-33-30(35)28-24-13-12-21(32(2,3)4)18-27(24)40-31(28)34-29/h7,9-11,14,17,19,21H,6,8,12-13,15-16,18H2,1-5H3,(H,33,34,35)/t21-/m1/s1. The fraction of sp³-hybridized carbons (Fsp3) is 0.438. The van der Waals surface area contributed by atoms with Gasteiger partial charge in [0.2, 0.25) is 0 Å². The minimum atomic E-state index is -0.0685. The zero-order valence-electron chi connectivity index (χ0n) is 24.0. The number of rotatable bonds is 10. The maximum Gasteiger partial charge on any atom is 0.260 e. The van der Waals surface area contributed by atoms with Crippen LogP contribution >= 0.6 is 11.3 Å². The molecular weight excluding hydrogens is 524 g/mol. The first-order valence-electron chi connectivity index (χ1n) is 14.0. The number of nitrogens with zero attached hydrogens (tertiary/aromatic N) is 1. The van der Waals surface area contributed by atoms with Gasteiger partial charge in [-0.1, -0.05) is 26.8 Å². The molecule has 1 aliphatic carbocycles. The van der Waals surface area contributed by atoms with Crippen molar-refractivity contribution in [3.8, 4) is 34.4 Å². The van der Waals surface area contributed by atoms with Crippen molar-refractivity contribution in [2.45, 2.75) is 53.4 Å². The molecule has 2 heterocycles. The molecule has 7 nitrogen and oxygen atoms in total. The third kappa shape index (κ3) is 6.12. The lowest BCUT2D eigenvalue weighted by Crippen LogP contribution is -2.26. The molecule has 0 amide bonds. The van der Waals surface area contributed by atoms with Crippen LogP contribution < -0.4 is 24.5 Å². The van der Waals surface area contributed by atoms with Crippen molar-refractivity contribution in [1.82, 2.24) is 9.97 Å². The molecule has 4 aromatic rings. The normalized spacial score (nSPS) is 15.1. The van der Waals surface area contributed by atoms with Crippen molar-refractivity contribution in [2.75, 3.05) is 26.9 Å². The van der Waals surface area contributed by atoms with E-state index in [1.54, 1.807) is 18.4 Å². The molecule has 8 heteroatoms. The number of methoxy groups -OCH3 is 1. The van der Waals surface area contributed by atoms with E-state index in [1.165, 1.54) is 10.4 Å². The van der Waals surface area contributed by atoms with Crippen LogP contribution in [0.15, 0.2) is 47.3 Å². The number of fused-ring (bicyclic) bond motifs is 3. The van der Waals surface area contributed by atoms with Crippen molar-refractivity contribution in [2.24, 2.45) is 11.3 Å². The van der Waals surface area contributed by atoms with Crippen LogP contribution in [-0.2, 0) is 12.8 Å². The summed E-state index contributed by atoms with van der Waals surface area (Å²) in [6.07, 6.45) is 3.76. The second-order valence-electron chi connectivity index (χ2n) is 11.2. The number of hydrogen-bond donors (Lipinski definition) is 1. The smallest absolute Gasteiger partial charge is 0.260 e. The van der Waals surface area contributed by atoms with E-state index < -0.39 is 0 Å². The fourth-order valence-corrected chi connectivity index (χ4v) is 6.52. The van der Waals surface area contributed by atoms with E-state index in [1.807, 2.05) is 49.4 Å². The number of hydrogen-bond acceptors (Lipinski definition) is 7. The Morgan fingerprint density at radius 2 is 1.82 bits per heavy atom. The Kier molecular flexibility index (Phi) is 8.35. The van der Waals surface area contributed by atoms with Gasteiger partial charge in [0.1, 0.15) is 22.2 Å². The predicted octanol–water partition coefficient (Wildman–Crippen LogP) is 7.06. The Bertz CT molecular complexity index is 1530. The van der Waals surface area contributed by atoms with Gasteiger partial charge in [0.15, 0.2) is 11.5 Å². The van der Waals surface area contributed by atoms with E-state index in [9.17, 15) is 4.79 Å². The van der Waals surface area contributed by atoms with Crippen LogP contribution in [0.25, 0.3) is 21.6 Å². The number of H-pyrrole nitrogens is 1. The summed E-state index contributed by atoms with van der Waals surface area (Å²) in [5.74, 6) is 3.95. The zero-order chi connectivity index (χ0) is 28.3. The average molecular weight is 563 g/mol. The lowest BCUT2D eigenvalue weighted by atomic mass is 9.72. The Hall–Kier alpha value is -3.52. The van der Waals surface area contributed by atoms with Crippen molar-refractivity contribution < 1.29 is 18.9 Å². The van der Waals surface area contributed by atoms with Crippen LogP contribution in [0.4, 0.5) is 0 Å². The van der Waals surface area contributed by atoms with E-state index >= 15 is 0 Å². The van der Waals surface area contributed by atoms with Crippen molar-refractivity contribution >= 4 is 21.6 Å². The average Bonchev–Trinajstić information content (AvgIpc) is 3.31. The molecule has 1 N–H and O–H groups in total. The van der Waals surface area contributed by atoms with E-state index in [2.05, 4.69) is 25.8 Å². The van der Waals surface area contributed by atoms with Crippen LogP contribution in [0.5, 0.6) is 23.0 Å². The van der Waals surface area contributed by atoms with Gasteiger partial charge < -0.3 is 23.9 Å². The Balaban J connectivity index is 1.29. The summed E-state index contributed by atoms with van der Waals surface area (Å²) in [5.41, 5.74) is 2.16. The van der Waals surface area contributed by atoms with Gasteiger partial charge in [-0.05, 0) is 73.4 Å². The first-order chi connectivity index (χ1) is 19.3. The minimum Gasteiger partial charge on any atom is -0.497 e. The molecule has 5 rings (SSSR count). The molecule has 2 aromatic carbocycles. The van der Waals surface area contributed by atoms with E-state index in [0.717, 1.165) is 46.5 Å². The van der Waals surface area contributed by atoms with Gasteiger partial charge in [0, 0.05) is 22.9 Å². The molecule has 0 saturated heterocycles. The maximum absolute atomic E-state index is 13.2. The lowest BCUT2D eigenvalue weighted by Gasteiger charge is -2.33. The molecule has 0 bridgehead atoms. The summed E-state index contributed by atoms with van der Waals surface area (Å²) in [6, 6.07) is 13.2. The monoisotopic (exact) mass is 562 g/mol. The van der Waals surface area contributed by atoms with Crippen LogP contribution in [-0.4, -0.2) is 36.9 Å². The second kappa shape index (κ2) is 11.9. The molecule has 0 aliphatic heterocycles. The van der Waals surface area contributed by atoms with Gasteiger partial charge in [-0.15, -0.1) is 11.3 Å². The minimum absolute atomic E-state index is 0.0685. The number of benzene rings is 2. The zero-order valence-corrected chi connectivity index (χ0v) is 24.8. The molecule has 0 spiro atoms. The maximum atomic E-state index is 13.2. The topological polar surface area (TPSA) is 82.7 Å². The first-order valence-corrected chi connectivity index (χ1v) is 14.8. The summed E-state index contributed by atoms with van der Waals surface area (Å²) in [6.45, 7) is 10.3. The number of aryl methyl sites for hydroxylation is 1. The van der Waals surface area contributed by atoms with E-state index in [4.69, 9.17) is 23.9 Å². The highest BCUT2D eigenvalue weighted by Gasteiger charge is 2.31. The Labute approximate surface area is 239 Å². The third-order valence-electron chi connectivity index (χ3n) is 7.52. The van der Waals surface area contributed by atoms with Crippen molar-refractivity contribution in [3.63, 3.8) is 0 Å². The SMILES string of the molecule is CCOc1cc(-c2nc3sc4c(c3c(=O)[nH]2)CC[C@@H](C(C)(C)C)C4)ccc1OCCCOc1cccc(OC)c1. The van der Waals surface area contributed by atoms with Gasteiger partial charge in [-0.3, -0.25) is 4.79 Å². The molecule has 40 heavy (non-hydrogen) atoms. The predicted molar refractivity (Wildman–Crippen MR) is 160 cm³/mol. The van der Waals surface area contributed by atoms with E-state index in [0.29, 0.717) is 49.5 Å². The number of aromatic nitrogens is 2. The molecular formula is C32H38N2O5S. The molecule has 0 fully saturated rings. The molecule has 2 aromatic heterocycles. The number of nitrogens with one attached hydrogen (secondary N) is 1. The summed E-state index contributed by atoms with van der Waals surface area (Å²) in [5, 5.41) is 0.761. The highest BCUT2D eigenvalue weighted by atomic mass is 32.1.